The van der Waals surface area contributed by atoms with E-state index in [2.05, 4.69) is 10.3 Å². The van der Waals surface area contributed by atoms with Crippen LogP contribution in [0.1, 0.15) is 51.9 Å². The number of carboxylic acid groups (broad SMARTS) is 1. The summed E-state index contributed by atoms with van der Waals surface area (Å²) in [5.41, 5.74) is 10.5. The number of aliphatic carboxylic acids is 1. The van der Waals surface area contributed by atoms with Gasteiger partial charge in [0.25, 0.3) is 0 Å². The first-order valence-electron chi connectivity index (χ1n) is 7.93. The summed E-state index contributed by atoms with van der Waals surface area (Å²) in [6, 6.07) is -0.964. The number of nitrogens with zero attached hydrogens (tertiary/aromatic N) is 1. The Morgan fingerprint density at radius 3 is 2.39 bits per heavy atom. The molecule has 2 atom stereocenters. The van der Waals surface area contributed by atoms with E-state index in [1.807, 2.05) is 6.92 Å². The summed E-state index contributed by atoms with van der Waals surface area (Å²) in [6.07, 6.45) is 5.16. The van der Waals surface area contributed by atoms with Crippen LogP contribution in [0.25, 0.3) is 0 Å². The maximum atomic E-state index is 12.1. The number of amides is 1. The van der Waals surface area contributed by atoms with Crippen molar-refractivity contribution in [1.29, 1.82) is 0 Å². The molecule has 0 saturated heterocycles. The zero-order valence-electron chi connectivity index (χ0n) is 13.7. The largest absolute Gasteiger partial charge is 0.481 e. The predicted molar refractivity (Wildman–Crippen MR) is 87.8 cm³/mol. The predicted octanol–water partition coefficient (Wildman–Crippen LogP) is 0.395. The Labute approximate surface area is 136 Å². The van der Waals surface area contributed by atoms with Crippen LogP contribution < -0.4 is 16.8 Å². The van der Waals surface area contributed by atoms with Crippen molar-refractivity contribution in [3.63, 3.8) is 0 Å². The van der Waals surface area contributed by atoms with Gasteiger partial charge in [-0.05, 0) is 19.3 Å². The highest BCUT2D eigenvalue weighted by molar-refractivity contribution is 5.83. The van der Waals surface area contributed by atoms with Gasteiger partial charge in [-0.3, -0.25) is 14.6 Å². The van der Waals surface area contributed by atoms with Crippen molar-refractivity contribution in [3.05, 3.63) is 0 Å². The van der Waals surface area contributed by atoms with E-state index in [0.717, 1.165) is 25.7 Å². The SMILES string of the molecule is CC[C@H](CCCCCCN=C(N)N)C(=O)N[C@H](C=O)CC(=O)O. The van der Waals surface area contributed by atoms with Crippen LogP contribution >= 0.6 is 0 Å². The van der Waals surface area contributed by atoms with Crippen LogP contribution in [0.5, 0.6) is 0 Å². The quantitative estimate of drug-likeness (QED) is 0.166. The molecule has 8 nitrogen and oxygen atoms in total. The summed E-state index contributed by atoms with van der Waals surface area (Å²) in [6.45, 7) is 2.51. The molecule has 0 spiro atoms. The molecular weight excluding hydrogens is 300 g/mol. The van der Waals surface area contributed by atoms with Crippen molar-refractivity contribution in [2.75, 3.05) is 6.54 Å². The van der Waals surface area contributed by atoms with Crippen molar-refractivity contribution in [2.45, 2.75) is 57.9 Å². The number of guanidine groups is 1. The first kappa shape index (κ1) is 20.9. The fourth-order valence-electron chi connectivity index (χ4n) is 2.21. The number of rotatable bonds is 13. The second-order valence-corrected chi connectivity index (χ2v) is 5.46. The van der Waals surface area contributed by atoms with Gasteiger partial charge in [0.1, 0.15) is 6.29 Å². The van der Waals surface area contributed by atoms with Crippen molar-refractivity contribution < 1.29 is 19.5 Å². The molecule has 0 bridgehead atoms. The van der Waals surface area contributed by atoms with Gasteiger partial charge in [0, 0.05) is 12.5 Å². The lowest BCUT2D eigenvalue weighted by Crippen LogP contribution is -2.41. The topological polar surface area (TPSA) is 148 Å². The number of hydrogen-bond donors (Lipinski definition) is 4. The Hall–Kier alpha value is -2.12. The molecule has 132 valence electrons. The molecule has 8 heteroatoms. The highest BCUT2D eigenvalue weighted by atomic mass is 16.4. The molecular formula is C15H28N4O4. The lowest BCUT2D eigenvalue weighted by molar-refractivity contribution is -0.139. The Morgan fingerprint density at radius 1 is 1.22 bits per heavy atom. The lowest BCUT2D eigenvalue weighted by Gasteiger charge is -2.17. The number of carbonyl (C=O) groups is 3. The second-order valence-electron chi connectivity index (χ2n) is 5.46. The van der Waals surface area contributed by atoms with Gasteiger partial charge in [-0.2, -0.15) is 0 Å². The number of aliphatic imine (C=N–C) groups is 1. The summed E-state index contributed by atoms with van der Waals surface area (Å²) >= 11 is 0. The molecule has 0 radical (unpaired) electrons. The summed E-state index contributed by atoms with van der Waals surface area (Å²) in [7, 11) is 0. The Kier molecular flexibility index (Phi) is 11.3. The molecule has 0 aliphatic carbocycles. The molecule has 0 aliphatic rings. The third-order valence-electron chi connectivity index (χ3n) is 3.51. The van der Waals surface area contributed by atoms with Gasteiger partial charge in [0.05, 0.1) is 12.5 Å². The van der Waals surface area contributed by atoms with Crippen LogP contribution in [0.15, 0.2) is 4.99 Å². The molecule has 23 heavy (non-hydrogen) atoms. The van der Waals surface area contributed by atoms with E-state index in [4.69, 9.17) is 16.6 Å². The van der Waals surface area contributed by atoms with E-state index < -0.39 is 18.4 Å². The van der Waals surface area contributed by atoms with Crippen molar-refractivity contribution >= 4 is 24.1 Å². The molecule has 0 aromatic rings. The van der Waals surface area contributed by atoms with Crippen molar-refractivity contribution in [3.8, 4) is 0 Å². The van der Waals surface area contributed by atoms with Gasteiger partial charge >= 0.3 is 5.97 Å². The molecule has 6 N–H and O–H groups in total. The zero-order chi connectivity index (χ0) is 17.7. The van der Waals surface area contributed by atoms with Gasteiger partial charge in [-0.15, -0.1) is 0 Å². The average molecular weight is 328 g/mol. The molecule has 1 amide bonds. The number of carbonyl (C=O) groups excluding carboxylic acids is 2. The molecule has 0 saturated carbocycles. The van der Waals surface area contributed by atoms with Gasteiger partial charge in [-0.25, -0.2) is 0 Å². The Morgan fingerprint density at radius 2 is 1.87 bits per heavy atom. The van der Waals surface area contributed by atoms with Gasteiger partial charge in [0.15, 0.2) is 5.96 Å². The van der Waals surface area contributed by atoms with Gasteiger partial charge < -0.3 is 26.7 Å². The normalized spacial score (nSPS) is 12.9. The molecule has 0 fully saturated rings. The van der Waals surface area contributed by atoms with Crippen molar-refractivity contribution in [1.82, 2.24) is 5.32 Å². The van der Waals surface area contributed by atoms with Crippen LogP contribution in [0, 0.1) is 5.92 Å². The molecule has 0 rings (SSSR count). The minimum absolute atomic E-state index is 0.0961. The number of unbranched alkanes of at least 4 members (excludes halogenated alkanes) is 3. The monoisotopic (exact) mass is 328 g/mol. The van der Waals surface area contributed by atoms with E-state index in [0.29, 0.717) is 25.7 Å². The maximum absolute atomic E-state index is 12.1. The number of nitrogens with one attached hydrogen (secondary N) is 1. The first-order valence-corrected chi connectivity index (χ1v) is 7.93. The second kappa shape index (κ2) is 12.4. The molecule has 0 aromatic carbocycles. The van der Waals surface area contributed by atoms with E-state index in [1.165, 1.54) is 0 Å². The highest BCUT2D eigenvalue weighted by Gasteiger charge is 2.20. The van der Waals surface area contributed by atoms with Crippen molar-refractivity contribution in [2.24, 2.45) is 22.4 Å². The number of aldehydes is 1. The molecule has 0 aromatic heterocycles. The van der Waals surface area contributed by atoms with Crippen LogP contribution in [0.2, 0.25) is 0 Å². The fourth-order valence-corrected chi connectivity index (χ4v) is 2.21. The number of carboxylic acids is 1. The average Bonchev–Trinajstić information content (AvgIpc) is 2.48. The van der Waals surface area contributed by atoms with E-state index in [-0.39, 0.29) is 17.8 Å². The molecule has 0 heterocycles. The highest BCUT2D eigenvalue weighted by Crippen LogP contribution is 2.15. The standard InChI is InChI=1S/C15H28N4O4/c1-2-11(7-5-3-4-6-8-18-15(16)17)14(23)19-12(10-20)9-13(21)22/h10-12H,2-9H2,1H3,(H,19,23)(H,21,22)(H4,16,17,18)/t11-,12+/m1/s1. The van der Waals surface area contributed by atoms with E-state index in [1.54, 1.807) is 0 Å². The fraction of sp³-hybridized carbons (Fsp3) is 0.733. The smallest absolute Gasteiger partial charge is 0.305 e. The van der Waals surface area contributed by atoms with Crippen LogP contribution in [0.3, 0.4) is 0 Å². The van der Waals surface area contributed by atoms with Crippen LogP contribution in [-0.4, -0.2) is 41.8 Å². The molecule has 0 aliphatic heterocycles. The summed E-state index contributed by atoms with van der Waals surface area (Å²) < 4.78 is 0. The van der Waals surface area contributed by atoms with Gasteiger partial charge in [-0.1, -0.05) is 26.2 Å². The third kappa shape index (κ3) is 11.1. The van der Waals surface area contributed by atoms with E-state index >= 15 is 0 Å². The van der Waals surface area contributed by atoms with Gasteiger partial charge in [0.2, 0.25) is 5.91 Å². The minimum Gasteiger partial charge on any atom is -0.481 e. The summed E-state index contributed by atoms with van der Waals surface area (Å²) in [5.74, 6) is -1.48. The summed E-state index contributed by atoms with van der Waals surface area (Å²) in [5, 5.41) is 11.2. The van der Waals surface area contributed by atoms with Crippen LogP contribution in [-0.2, 0) is 14.4 Å². The Bertz CT molecular complexity index is 408. The summed E-state index contributed by atoms with van der Waals surface area (Å²) in [4.78, 5) is 37.3. The maximum Gasteiger partial charge on any atom is 0.305 e. The minimum atomic E-state index is -1.11. The first-order chi connectivity index (χ1) is 10.9. The zero-order valence-corrected chi connectivity index (χ0v) is 13.7. The third-order valence-corrected chi connectivity index (χ3v) is 3.51. The molecule has 0 unspecified atom stereocenters. The number of hydrogen-bond acceptors (Lipinski definition) is 4. The number of nitrogens with two attached hydrogens (primary N) is 2. The van der Waals surface area contributed by atoms with Crippen LogP contribution in [0.4, 0.5) is 0 Å². The van der Waals surface area contributed by atoms with E-state index in [9.17, 15) is 14.4 Å². The Balaban J connectivity index is 4.03. The lowest BCUT2D eigenvalue weighted by atomic mass is 9.97.